The number of alkyl carbamates (subject to hydrolysis) is 1. The predicted molar refractivity (Wildman–Crippen MR) is 130 cm³/mol. The summed E-state index contributed by atoms with van der Waals surface area (Å²) in [7, 11) is 0. The smallest absolute Gasteiger partial charge is 0.408 e. The van der Waals surface area contributed by atoms with Gasteiger partial charge in [-0.05, 0) is 96.6 Å². The van der Waals surface area contributed by atoms with E-state index in [1.165, 1.54) is 11.1 Å². The van der Waals surface area contributed by atoms with Crippen LogP contribution in [-0.2, 0) is 11.2 Å². The van der Waals surface area contributed by atoms with E-state index in [-0.39, 0.29) is 17.6 Å². The number of rotatable bonds is 7. The summed E-state index contributed by atoms with van der Waals surface area (Å²) in [5, 5.41) is 3.23. The number of nitrogens with one attached hydrogen (secondary N) is 1. The number of amides is 1. The highest BCUT2D eigenvalue weighted by Gasteiger charge is 2.46. The zero-order valence-electron chi connectivity index (χ0n) is 19.0. The number of carbonyl (C=O) groups is 1. The molecular formula is C26H33BrN2O2. The van der Waals surface area contributed by atoms with E-state index in [2.05, 4.69) is 64.0 Å². The summed E-state index contributed by atoms with van der Waals surface area (Å²) in [6.45, 7) is 12.2. The van der Waals surface area contributed by atoms with Crippen LogP contribution in [0.1, 0.15) is 76.2 Å². The van der Waals surface area contributed by atoms with E-state index in [1.807, 2.05) is 32.9 Å². The van der Waals surface area contributed by atoms with E-state index in [0.717, 1.165) is 47.8 Å². The van der Waals surface area contributed by atoms with Gasteiger partial charge in [0.25, 0.3) is 0 Å². The third-order valence-electron chi connectivity index (χ3n) is 5.94. The molecule has 1 N–H and O–H groups in total. The largest absolute Gasteiger partial charge is 0.444 e. The molecule has 4 nitrogen and oxygen atoms in total. The summed E-state index contributed by atoms with van der Waals surface area (Å²) in [4.78, 5) is 17.2. The van der Waals surface area contributed by atoms with Crippen LogP contribution in [0.5, 0.6) is 0 Å². The minimum Gasteiger partial charge on any atom is -0.444 e. The SMILES string of the molecule is C=C(CCC1(CCC)Cc2ccccc2[C@H]1NC(=O)OC(C)(C)C)c1ccc(Br)cn1. The summed E-state index contributed by atoms with van der Waals surface area (Å²) in [6, 6.07) is 12.4. The third kappa shape index (κ3) is 5.76. The number of allylic oxidation sites excluding steroid dienone is 1. The van der Waals surface area contributed by atoms with Gasteiger partial charge < -0.3 is 10.1 Å². The first-order valence-corrected chi connectivity index (χ1v) is 11.8. The van der Waals surface area contributed by atoms with Gasteiger partial charge >= 0.3 is 6.09 Å². The Morgan fingerprint density at radius 2 is 2.00 bits per heavy atom. The maximum Gasteiger partial charge on any atom is 0.408 e. The highest BCUT2D eigenvalue weighted by molar-refractivity contribution is 9.10. The zero-order valence-corrected chi connectivity index (χ0v) is 20.6. The molecule has 0 saturated heterocycles. The molecule has 1 aromatic carbocycles. The standard InChI is InChI=1S/C26H33BrN2O2/c1-6-14-26(15-13-18(2)22-12-11-20(27)17-28-22)16-19-9-7-8-10-21(19)23(26)29-24(30)31-25(3,4)5/h7-12,17,23H,2,6,13-16H2,1,3-5H3,(H,29,30)/t23-,26?/m1/s1. The molecule has 0 radical (unpaired) electrons. The van der Waals surface area contributed by atoms with Crippen LogP contribution in [0.25, 0.3) is 5.57 Å². The van der Waals surface area contributed by atoms with Crippen LogP contribution in [0.3, 0.4) is 0 Å². The molecule has 2 aromatic rings. The van der Waals surface area contributed by atoms with Crippen LogP contribution in [0.15, 0.2) is 53.6 Å². The number of carbonyl (C=O) groups excluding carboxylic acids is 1. The van der Waals surface area contributed by atoms with Crippen molar-refractivity contribution < 1.29 is 9.53 Å². The number of ether oxygens (including phenoxy) is 1. The molecule has 31 heavy (non-hydrogen) atoms. The van der Waals surface area contributed by atoms with Crippen molar-refractivity contribution in [3.63, 3.8) is 0 Å². The Bertz CT molecular complexity index is 933. The number of hydrogen-bond acceptors (Lipinski definition) is 3. The lowest BCUT2D eigenvalue weighted by atomic mass is 9.72. The molecule has 3 rings (SSSR count). The average Bonchev–Trinajstić information content (AvgIpc) is 2.99. The van der Waals surface area contributed by atoms with Gasteiger partial charge in [0, 0.05) is 10.7 Å². The summed E-state index contributed by atoms with van der Waals surface area (Å²) >= 11 is 3.44. The van der Waals surface area contributed by atoms with E-state index in [1.54, 1.807) is 6.20 Å². The molecule has 1 heterocycles. The summed E-state index contributed by atoms with van der Waals surface area (Å²) < 4.78 is 6.57. The van der Waals surface area contributed by atoms with E-state index >= 15 is 0 Å². The third-order valence-corrected chi connectivity index (χ3v) is 6.41. The van der Waals surface area contributed by atoms with Gasteiger partial charge in [0.05, 0.1) is 11.7 Å². The van der Waals surface area contributed by atoms with Crippen molar-refractivity contribution in [1.82, 2.24) is 10.3 Å². The molecule has 166 valence electrons. The van der Waals surface area contributed by atoms with Gasteiger partial charge in [-0.2, -0.15) is 0 Å². The number of pyridine rings is 1. The molecule has 0 fully saturated rings. The summed E-state index contributed by atoms with van der Waals surface area (Å²) in [5.74, 6) is 0. The Labute approximate surface area is 194 Å². The van der Waals surface area contributed by atoms with Crippen LogP contribution in [0.2, 0.25) is 0 Å². The molecule has 1 aliphatic carbocycles. The van der Waals surface area contributed by atoms with Crippen molar-refractivity contribution in [3.8, 4) is 0 Å². The van der Waals surface area contributed by atoms with E-state index in [9.17, 15) is 4.79 Å². The molecule has 0 spiro atoms. The molecular weight excluding hydrogens is 452 g/mol. The molecule has 0 aliphatic heterocycles. The second-order valence-electron chi connectivity index (χ2n) is 9.53. The number of fused-ring (bicyclic) bond motifs is 1. The van der Waals surface area contributed by atoms with Gasteiger partial charge in [0.2, 0.25) is 0 Å². The summed E-state index contributed by atoms with van der Waals surface area (Å²) in [6.07, 6.45) is 6.20. The molecule has 5 heteroatoms. The number of benzene rings is 1. The van der Waals surface area contributed by atoms with Crippen LogP contribution in [0, 0.1) is 5.41 Å². The van der Waals surface area contributed by atoms with Crippen molar-refractivity contribution >= 4 is 27.6 Å². The van der Waals surface area contributed by atoms with Crippen molar-refractivity contribution in [2.45, 2.75) is 71.4 Å². The number of aromatic nitrogens is 1. The molecule has 0 saturated carbocycles. The average molecular weight is 485 g/mol. The second kappa shape index (κ2) is 9.56. The van der Waals surface area contributed by atoms with Gasteiger partial charge in [-0.15, -0.1) is 0 Å². The maximum absolute atomic E-state index is 12.7. The van der Waals surface area contributed by atoms with E-state index < -0.39 is 5.60 Å². The topological polar surface area (TPSA) is 51.2 Å². The Kier molecular flexibility index (Phi) is 7.25. The van der Waals surface area contributed by atoms with Crippen LogP contribution >= 0.6 is 15.9 Å². The molecule has 1 amide bonds. The van der Waals surface area contributed by atoms with Gasteiger partial charge in [0.1, 0.15) is 5.60 Å². The number of nitrogens with zero attached hydrogens (tertiary/aromatic N) is 1. The van der Waals surface area contributed by atoms with Gasteiger partial charge in [-0.3, -0.25) is 4.98 Å². The van der Waals surface area contributed by atoms with Gasteiger partial charge in [0.15, 0.2) is 0 Å². The number of halogens is 1. The van der Waals surface area contributed by atoms with Crippen molar-refractivity contribution in [2.75, 3.05) is 0 Å². The minimum absolute atomic E-state index is 0.0757. The fourth-order valence-corrected chi connectivity index (χ4v) is 4.88. The van der Waals surface area contributed by atoms with Crippen molar-refractivity contribution in [2.24, 2.45) is 5.41 Å². The predicted octanol–water partition coefficient (Wildman–Crippen LogP) is 7.25. The van der Waals surface area contributed by atoms with Crippen LogP contribution in [0.4, 0.5) is 4.79 Å². The normalized spacial score (nSPS) is 20.2. The Balaban J connectivity index is 1.85. The van der Waals surface area contributed by atoms with Crippen molar-refractivity contribution in [3.05, 3.63) is 70.5 Å². The molecule has 1 aromatic heterocycles. The fourth-order valence-electron chi connectivity index (χ4n) is 4.65. The Hall–Kier alpha value is -2.14. The molecule has 1 unspecified atom stereocenters. The summed E-state index contributed by atoms with van der Waals surface area (Å²) in [5.41, 5.74) is 3.85. The lowest BCUT2D eigenvalue weighted by Gasteiger charge is -2.37. The Morgan fingerprint density at radius 1 is 1.26 bits per heavy atom. The quantitative estimate of drug-likeness (QED) is 0.450. The van der Waals surface area contributed by atoms with Crippen LogP contribution < -0.4 is 5.32 Å². The van der Waals surface area contributed by atoms with Crippen molar-refractivity contribution in [1.29, 1.82) is 0 Å². The fraction of sp³-hybridized carbons (Fsp3) is 0.462. The van der Waals surface area contributed by atoms with Gasteiger partial charge in [-0.1, -0.05) is 44.2 Å². The highest BCUT2D eigenvalue weighted by Crippen LogP contribution is 2.52. The lowest BCUT2D eigenvalue weighted by molar-refractivity contribution is 0.0435. The zero-order chi connectivity index (χ0) is 22.6. The van der Waals surface area contributed by atoms with Crippen LogP contribution in [-0.4, -0.2) is 16.7 Å². The molecule has 2 atom stereocenters. The second-order valence-corrected chi connectivity index (χ2v) is 10.4. The lowest BCUT2D eigenvalue weighted by Crippen LogP contribution is -2.41. The number of hydrogen-bond donors (Lipinski definition) is 1. The molecule has 1 aliphatic rings. The first-order valence-electron chi connectivity index (χ1n) is 11.0. The van der Waals surface area contributed by atoms with E-state index in [4.69, 9.17) is 4.74 Å². The first-order chi connectivity index (χ1) is 14.6. The maximum atomic E-state index is 12.7. The minimum atomic E-state index is -0.531. The monoisotopic (exact) mass is 484 g/mol. The first kappa shape index (κ1) is 23.5. The molecule has 0 bridgehead atoms. The van der Waals surface area contributed by atoms with Gasteiger partial charge in [-0.25, -0.2) is 4.79 Å². The highest BCUT2D eigenvalue weighted by atomic mass is 79.9. The van der Waals surface area contributed by atoms with E-state index in [0.29, 0.717) is 0 Å². The Morgan fingerprint density at radius 3 is 2.65 bits per heavy atom.